The van der Waals surface area contributed by atoms with Crippen molar-refractivity contribution >= 4 is 33.1 Å². The number of nitrogens with one attached hydrogen (secondary N) is 1. The fourth-order valence-electron chi connectivity index (χ4n) is 2.23. The van der Waals surface area contributed by atoms with Crippen molar-refractivity contribution in [3.05, 3.63) is 18.3 Å². The molecule has 5 nitrogen and oxygen atoms in total. The predicted molar refractivity (Wildman–Crippen MR) is 83.0 cm³/mol. The molecule has 1 aliphatic heterocycles. The molecule has 7 heteroatoms. The molecule has 1 saturated heterocycles. The van der Waals surface area contributed by atoms with E-state index in [1.165, 1.54) is 19.3 Å². The molecular weight excluding hydrogens is 298 g/mol. The van der Waals surface area contributed by atoms with E-state index >= 15 is 0 Å². The van der Waals surface area contributed by atoms with Crippen molar-refractivity contribution in [3.8, 4) is 0 Å². The van der Waals surface area contributed by atoms with Crippen molar-refractivity contribution in [2.45, 2.75) is 25.7 Å². The Morgan fingerprint density at radius 1 is 1.25 bits per heavy atom. The minimum atomic E-state index is -3.32. The molecule has 0 saturated carbocycles. The number of nitrogens with zero attached hydrogens (tertiary/aromatic N) is 2. The summed E-state index contributed by atoms with van der Waals surface area (Å²) in [4.78, 5) is 6.57. The van der Waals surface area contributed by atoms with Gasteiger partial charge in [0.25, 0.3) is 0 Å². The molecule has 20 heavy (non-hydrogen) atoms. The van der Waals surface area contributed by atoms with Crippen LogP contribution in [0, 0.1) is 0 Å². The molecule has 1 aromatic rings. The average Bonchev–Trinajstić information content (AvgIpc) is 2.46. The third-order valence-corrected chi connectivity index (χ3v) is 4.89. The van der Waals surface area contributed by atoms with Crippen LogP contribution in [0.5, 0.6) is 0 Å². The highest BCUT2D eigenvalue weighted by molar-refractivity contribution is 7.92. The van der Waals surface area contributed by atoms with E-state index in [9.17, 15) is 8.42 Å². The van der Waals surface area contributed by atoms with Gasteiger partial charge in [0, 0.05) is 19.0 Å². The third kappa shape index (κ3) is 4.52. The highest BCUT2D eigenvalue weighted by Gasteiger charge is 2.13. The molecule has 2 heterocycles. The zero-order chi connectivity index (χ0) is 14.4. The number of alkyl halides is 1. The van der Waals surface area contributed by atoms with Gasteiger partial charge in [0.1, 0.15) is 5.82 Å². The van der Waals surface area contributed by atoms with Crippen molar-refractivity contribution < 1.29 is 8.42 Å². The molecule has 1 aromatic heterocycles. The fourth-order valence-corrected chi connectivity index (χ4v) is 3.63. The van der Waals surface area contributed by atoms with Gasteiger partial charge in [-0.2, -0.15) is 0 Å². The zero-order valence-corrected chi connectivity index (χ0v) is 13.0. The molecule has 2 rings (SSSR count). The van der Waals surface area contributed by atoms with Crippen LogP contribution in [0.4, 0.5) is 11.5 Å². The summed E-state index contributed by atoms with van der Waals surface area (Å²) in [7, 11) is -3.32. The van der Waals surface area contributed by atoms with Crippen LogP contribution in [-0.4, -0.2) is 38.1 Å². The maximum Gasteiger partial charge on any atom is 0.232 e. The number of piperidine rings is 1. The Morgan fingerprint density at radius 3 is 2.60 bits per heavy atom. The first kappa shape index (κ1) is 15.4. The number of sulfonamides is 1. The van der Waals surface area contributed by atoms with E-state index in [1.807, 2.05) is 6.07 Å². The standard InChI is InChI=1S/C13H20ClN3O2S/c14-7-4-10-20(18,19)16-12-5-6-13(15-11-12)17-8-2-1-3-9-17/h5-6,11,16H,1-4,7-10H2. The molecule has 0 unspecified atom stereocenters. The summed E-state index contributed by atoms with van der Waals surface area (Å²) in [5, 5.41) is 0. The summed E-state index contributed by atoms with van der Waals surface area (Å²) in [6, 6.07) is 3.62. The van der Waals surface area contributed by atoms with E-state index in [4.69, 9.17) is 11.6 Å². The van der Waals surface area contributed by atoms with E-state index in [1.54, 1.807) is 12.3 Å². The minimum Gasteiger partial charge on any atom is -0.357 e. The number of aromatic nitrogens is 1. The summed E-state index contributed by atoms with van der Waals surface area (Å²) in [5.74, 6) is 1.28. The van der Waals surface area contributed by atoms with Crippen LogP contribution in [-0.2, 0) is 10.0 Å². The molecule has 0 atom stereocenters. The number of hydrogen-bond acceptors (Lipinski definition) is 4. The molecular formula is C13H20ClN3O2S. The van der Waals surface area contributed by atoms with Gasteiger partial charge in [0.05, 0.1) is 17.6 Å². The maximum absolute atomic E-state index is 11.7. The van der Waals surface area contributed by atoms with Crippen molar-refractivity contribution in [2.24, 2.45) is 0 Å². The van der Waals surface area contributed by atoms with Crippen LogP contribution >= 0.6 is 11.6 Å². The largest absolute Gasteiger partial charge is 0.357 e. The smallest absolute Gasteiger partial charge is 0.232 e. The second-order valence-electron chi connectivity index (χ2n) is 4.92. The van der Waals surface area contributed by atoms with Crippen LogP contribution < -0.4 is 9.62 Å². The Balaban J connectivity index is 1.97. The third-order valence-electron chi connectivity index (χ3n) is 3.25. The summed E-state index contributed by atoms with van der Waals surface area (Å²) in [6.45, 7) is 2.04. The van der Waals surface area contributed by atoms with Crippen LogP contribution in [0.25, 0.3) is 0 Å². The van der Waals surface area contributed by atoms with E-state index in [0.29, 0.717) is 18.0 Å². The Labute approximate surface area is 125 Å². The zero-order valence-electron chi connectivity index (χ0n) is 11.4. The molecule has 0 amide bonds. The monoisotopic (exact) mass is 317 g/mol. The molecule has 0 spiro atoms. The number of halogens is 1. The molecule has 1 N–H and O–H groups in total. The first-order valence-electron chi connectivity index (χ1n) is 6.88. The van der Waals surface area contributed by atoms with Crippen LogP contribution in [0.2, 0.25) is 0 Å². The van der Waals surface area contributed by atoms with Gasteiger partial charge in [-0.05, 0) is 37.8 Å². The average molecular weight is 318 g/mol. The van der Waals surface area contributed by atoms with Crippen LogP contribution in [0.15, 0.2) is 18.3 Å². The molecule has 0 radical (unpaired) electrons. The number of rotatable bonds is 6. The fraction of sp³-hybridized carbons (Fsp3) is 0.615. The Bertz CT molecular complexity index is 513. The van der Waals surface area contributed by atoms with Gasteiger partial charge in [-0.3, -0.25) is 4.72 Å². The van der Waals surface area contributed by atoms with Crippen LogP contribution in [0.1, 0.15) is 25.7 Å². The summed E-state index contributed by atoms with van der Waals surface area (Å²) in [6.07, 6.45) is 5.66. The Kier molecular flexibility index (Phi) is 5.48. The number of hydrogen-bond donors (Lipinski definition) is 1. The maximum atomic E-state index is 11.7. The van der Waals surface area contributed by atoms with E-state index in [-0.39, 0.29) is 5.75 Å². The highest BCUT2D eigenvalue weighted by Crippen LogP contribution is 2.19. The lowest BCUT2D eigenvalue weighted by Crippen LogP contribution is -2.30. The highest BCUT2D eigenvalue weighted by atomic mass is 35.5. The predicted octanol–water partition coefficient (Wildman–Crippen LogP) is 2.44. The van der Waals surface area contributed by atoms with Gasteiger partial charge in [-0.1, -0.05) is 0 Å². The Morgan fingerprint density at radius 2 is 2.00 bits per heavy atom. The van der Waals surface area contributed by atoms with E-state index < -0.39 is 10.0 Å². The van der Waals surface area contributed by atoms with Gasteiger partial charge in [0.2, 0.25) is 10.0 Å². The lowest BCUT2D eigenvalue weighted by Gasteiger charge is -2.27. The topological polar surface area (TPSA) is 62.3 Å². The quantitative estimate of drug-likeness (QED) is 0.819. The number of anilines is 2. The van der Waals surface area contributed by atoms with Gasteiger partial charge in [-0.15, -0.1) is 11.6 Å². The summed E-state index contributed by atoms with van der Waals surface area (Å²) >= 11 is 5.51. The molecule has 1 aliphatic rings. The summed E-state index contributed by atoms with van der Waals surface area (Å²) < 4.78 is 26.0. The lowest BCUT2D eigenvalue weighted by molar-refractivity contribution is 0.573. The SMILES string of the molecule is O=S(=O)(CCCCl)Nc1ccc(N2CCCCC2)nc1. The lowest BCUT2D eigenvalue weighted by atomic mass is 10.1. The van der Waals surface area contributed by atoms with E-state index in [2.05, 4.69) is 14.6 Å². The van der Waals surface area contributed by atoms with Gasteiger partial charge in [0.15, 0.2) is 0 Å². The molecule has 1 fully saturated rings. The van der Waals surface area contributed by atoms with E-state index in [0.717, 1.165) is 18.9 Å². The van der Waals surface area contributed by atoms with Crippen molar-refractivity contribution in [1.29, 1.82) is 0 Å². The second kappa shape index (κ2) is 7.13. The van der Waals surface area contributed by atoms with Gasteiger partial charge in [-0.25, -0.2) is 13.4 Å². The van der Waals surface area contributed by atoms with Crippen LogP contribution in [0.3, 0.4) is 0 Å². The first-order chi connectivity index (χ1) is 9.61. The molecule has 0 aliphatic carbocycles. The first-order valence-corrected chi connectivity index (χ1v) is 9.07. The Hall–Kier alpha value is -1.01. The molecule has 112 valence electrons. The minimum absolute atomic E-state index is 0.0321. The molecule has 0 bridgehead atoms. The number of pyridine rings is 1. The molecule has 0 aromatic carbocycles. The van der Waals surface area contributed by atoms with Crippen molar-refractivity contribution in [1.82, 2.24) is 4.98 Å². The second-order valence-corrected chi connectivity index (χ2v) is 7.14. The van der Waals surface area contributed by atoms with Crippen molar-refractivity contribution in [3.63, 3.8) is 0 Å². The normalized spacial score (nSPS) is 16.1. The van der Waals surface area contributed by atoms with Gasteiger partial charge < -0.3 is 4.90 Å². The van der Waals surface area contributed by atoms with Gasteiger partial charge >= 0.3 is 0 Å². The van der Waals surface area contributed by atoms with Crippen molar-refractivity contribution in [2.75, 3.05) is 34.3 Å². The summed E-state index contributed by atoms with van der Waals surface area (Å²) in [5.41, 5.74) is 0.500.